The molecule has 1 aliphatic heterocycles. The molecule has 1 fully saturated rings. The van der Waals surface area contributed by atoms with E-state index in [9.17, 15) is 4.79 Å². The van der Waals surface area contributed by atoms with Crippen LogP contribution in [0.15, 0.2) is 22.8 Å². The van der Waals surface area contributed by atoms with Crippen LogP contribution in [-0.2, 0) is 4.79 Å². The second-order valence-corrected chi connectivity index (χ2v) is 4.22. The first-order valence-electron chi connectivity index (χ1n) is 4.34. The molecule has 0 aromatic carbocycles. The Balaban J connectivity index is 2.23. The van der Waals surface area contributed by atoms with Crippen LogP contribution in [0.25, 0.3) is 0 Å². The maximum absolute atomic E-state index is 11.5. The van der Waals surface area contributed by atoms with Gasteiger partial charge in [0.25, 0.3) is 0 Å². The van der Waals surface area contributed by atoms with Gasteiger partial charge in [-0.3, -0.25) is 9.69 Å². The number of nitrogens with zero attached hydrogens (tertiary/aromatic N) is 2. The van der Waals surface area contributed by atoms with E-state index in [2.05, 4.69) is 20.9 Å². The van der Waals surface area contributed by atoms with Gasteiger partial charge in [-0.05, 0) is 28.1 Å². The zero-order valence-electron chi connectivity index (χ0n) is 7.48. The number of halogens is 1. The van der Waals surface area contributed by atoms with E-state index >= 15 is 0 Å². The molecule has 1 atom stereocenters. The Hall–Kier alpha value is -0.940. The molecule has 0 spiro atoms. The average molecular weight is 256 g/mol. The number of rotatable bonds is 1. The van der Waals surface area contributed by atoms with Gasteiger partial charge in [0.1, 0.15) is 5.82 Å². The van der Waals surface area contributed by atoms with Crippen molar-refractivity contribution in [3.63, 3.8) is 0 Å². The third-order valence-electron chi connectivity index (χ3n) is 2.14. The Morgan fingerprint density at radius 1 is 1.57 bits per heavy atom. The molecule has 14 heavy (non-hydrogen) atoms. The number of aromatic nitrogens is 1. The summed E-state index contributed by atoms with van der Waals surface area (Å²) in [4.78, 5) is 17.2. The fraction of sp³-hybridized carbons (Fsp3) is 0.333. The first kappa shape index (κ1) is 9.61. The SMILES string of the molecule is N[C@H]1CC(=O)N(c2ccc(Br)cn2)C1. The van der Waals surface area contributed by atoms with Crippen molar-refractivity contribution in [2.75, 3.05) is 11.4 Å². The number of carbonyl (C=O) groups excluding carboxylic acids is 1. The second-order valence-electron chi connectivity index (χ2n) is 3.30. The van der Waals surface area contributed by atoms with E-state index in [0.717, 1.165) is 4.47 Å². The molecule has 1 amide bonds. The van der Waals surface area contributed by atoms with Crippen molar-refractivity contribution in [3.05, 3.63) is 22.8 Å². The second kappa shape index (κ2) is 3.67. The molecular weight excluding hydrogens is 246 g/mol. The summed E-state index contributed by atoms with van der Waals surface area (Å²) in [7, 11) is 0. The van der Waals surface area contributed by atoms with Crippen LogP contribution in [0.2, 0.25) is 0 Å². The van der Waals surface area contributed by atoms with Crippen LogP contribution < -0.4 is 10.6 Å². The zero-order valence-corrected chi connectivity index (χ0v) is 9.07. The molecule has 0 bridgehead atoms. The highest BCUT2D eigenvalue weighted by Gasteiger charge is 2.28. The van der Waals surface area contributed by atoms with Crippen LogP contribution in [0.4, 0.5) is 5.82 Å². The Labute approximate surface area is 90.2 Å². The van der Waals surface area contributed by atoms with Crippen LogP contribution in [0.3, 0.4) is 0 Å². The van der Waals surface area contributed by atoms with E-state index in [0.29, 0.717) is 18.8 Å². The Bertz CT molecular complexity index is 352. The first-order valence-corrected chi connectivity index (χ1v) is 5.13. The quantitative estimate of drug-likeness (QED) is 0.812. The minimum absolute atomic E-state index is 0.0484. The molecule has 1 aliphatic rings. The minimum atomic E-state index is -0.0621. The van der Waals surface area contributed by atoms with Gasteiger partial charge in [0.05, 0.1) is 0 Å². The lowest BCUT2D eigenvalue weighted by molar-refractivity contribution is -0.117. The Morgan fingerprint density at radius 3 is 2.86 bits per heavy atom. The highest BCUT2D eigenvalue weighted by atomic mass is 79.9. The van der Waals surface area contributed by atoms with Crippen LogP contribution in [0, 0.1) is 0 Å². The van der Waals surface area contributed by atoms with Crippen LogP contribution in [0.5, 0.6) is 0 Å². The van der Waals surface area contributed by atoms with Gasteiger partial charge in [-0.1, -0.05) is 0 Å². The number of pyridine rings is 1. The van der Waals surface area contributed by atoms with Gasteiger partial charge in [0.15, 0.2) is 0 Å². The molecule has 74 valence electrons. The molecule has 4 nitrogen and oxygen atoms in total. The van der Waals surface area contributed by atoms with Crippen molar-refractivity contribution >= 4 is 27.7 Å². The molecular formula is C9H10BrN3O. The normalized spacial score (nSPS) is 21.7. The van der Waals surface area contributed by atoms with Crippen molar-refractivity contribution in [2.45, 2.75) is 12.5 Å². The summed E-state index contributed by atoms with van der Waals surface area (Å²) in [6.45, 7) is 0.563. The zero-order chi connectivity index (χ0) is 10.1. The summed E-state index contributed by atoms with van der Waals surface area (Å²) in [5, 5.41) is 0. The van der Waals surface area contributed by atoms with Gasteiger partial charge in [-0.2, -0.15) is 0 Å². The lowest BCUT2D eigenvalue weighted by Gasteiger charge is -2.14. The van der Waals surface area contributed by atoms with Gasteiger partial charge in [0.2, 0.25) is 5.91 Å². The smallest absolute Gasteiger partial charge is 0.229 e. The highest BCUT2D eigenvalue weighted by molar-refractivity contribution is 9.10. The molecule has 0 radical (unpaired) electrons. The van der Waals surface area contributed by atoms with E-state index < -0.39 is 0 Å². The number of hydrogen-bond acceptors (Lipinski definition) is 3. The lowest BCUT2D eigenvalue weighted by Crippen LogP contribution is -2.28. The number of nitrogens with two attached hydrogens (primary N) is 1. The summed E-state index contributed by atoms with van der Waals surface area (Å²) in [6.07, 6.45) is 2.09. The van der Waals surface area contributed by atoms with E-state index in [1.807, 2.05) is 6.07 Å². The van der Waals surface area contributed by atoms with Crippen LogP contribution in [-0.4, -0.2) is 23.5 Å². The number of hydrogen-bond donors (Lipinski definition) is 1. The number of amides is 1. The molecule has 0 aliphatic carbocycles. The van der Waals surface area contributed by atoms with Crippen molar-refractivity contribution in [1.82, 2.24) is 4.98 Å². The molecule has 2 N–H and O–H groups in total. The molecule has 1 saturated heterocycles. The highest BCUT2D eigenvalue weighted by Crippen LogP contribution is 2.19. The Morgan fingerprint density at radius 2 is 2.36 bits per heavy atom. The molecule has 1 aromatic rings. The van der Waals surface area contributed by atoms with Crippen molar-refractivity contribution in [3.8, 4) is 0 Å². The van der Waals surface area contributed by atoms with Gasteiger partial charge < -0.3 is 5.73 Å². The molecule has 5 heteroatoms. The predicted octanol–water partition coefficient (Wildman–Crippen LogP) is 0.908. The lowest BCUT2D eigenvalue weighted by atomic mass is 10.3. The third-order valence-corrected chi connectivity index (χ3v) is 2.61. The molecule has 2 rings (SSSR count). The number of anilines is 1. The number of carbonyl (C=O) groups is 1. The Kier molecular flexibility index (Phi) is 2.52. The van der Waals surface area contributed by atoms with Crippen LogP contribution >= 0.6 is 15.9 Å². The summed E-state index contributed by atoms with van der Waals surface area (Å²) in [6, 6.07) is 3.60. The molecule has 0 saturated carbocycles. The summed E-state index contributed by atoms with van der Waals surface area (Å²) >= 11 is 3.29. The standard InChI is InChI=1S/C9H10BrN3O/c10-6-1-2-8(12-4-6)13-5-7(11)3-9(13)14/h1-2,4,7H,3,5,11H2/t7-/m0/s1. The van der Waals surface area contributed by atoms with E-state index in [1.54, 1.807) is 17.2 Å². The van der Waals surface area contributed by atoms with Crippen molar-refractivity contribution in [2.24, 2.45) is 5.73 Å². The van der Waals surface area contributed by atoms with E-state index in [4.69, 9.17) is 5.73 Å². The van der Waals surface area contributed by atoms with Gasteiger partial charge >= 0.3 is 0 Å². The fourth-order valence-electron chi connectivity index (χ4n) is 1.48. The monoisotopic (exact) mass is 255 g/mol. The fourth-order valence-corrected chi connectivity index (χ4v) is 1.72. The van der Waals surface area contributed by atoms with E-state index in [-0.39, 0.29) is 11.9 Å². The third kappa shape index (κ3) is 1.78. The van der Waals surface area contributed by atoms with Gasteiger partial charge in [-0.25, -0.2) is 4.98 Å². The van der Waals surface area contributed by atoms with E-state index in [1.165, 1.54) is 0 Å². The topological polar surface area (TPSA) is 59.2 Å². The molecule has 1 aromatic heterocycles. The summed E-state index contributed by atoms with van der Waals surface area (Å²) < 4.78 is 0.900. The minimum Gasteiger partial charge on any atom is -0.326 e. The van der Waals surface area contributed by atoms with Gasteiger partial charge in [0, 0.05) is 29.7 Å². The summed E-state index contributed by atoms with van der Waals surface area (Å²) in [5.41, 5.74) is 5.68. The largest absolute Gasteiger partial charge is 0.326 e. The maximum atomic E-state index is 11.5. The molecule has 2 heterocycles. The average Bonchev–Trinajstić information content (AvgIpc) is 2.47. The van der Waals surface area contributed by atoms with Gasteiger partial charge in [-0.15, -0.1) is 0 Å². The summed E-state index contributed by atoms with van der Waals surface area (Å²) in [5.74, 6) is 0.721. The predicted molar refractivity (Wildman–Crippen MR) is 56.9 cm³/mol. The first-order chi connectivity index (χ1) is 6.66. The van der Waals surface area contributed by atoms with Crippen molar-refractivity contribution < 1.29 is 4.79 Å². The van der Waals surface area contributed by atoms with Crippen molar-refractivity contribution in [1.29, 1.82) is 0 Å². The maximum Gasteiger partial charge on any atom is 0.229 e. The van der Waals surface area contributed by atoms with Crippen LogP contribution in [0.1, 0.15) is 6.42 Å². The molecule has 0 unspecified atom stereocenters.